The highest BCUT2D eigenvalue weighted by Gasteiger charge is 2.33. The first kappa shape index (κ1) is 22.9. The number of amides is 1. The number of aryl methyl sites for hydroxylation is 1. The van der Waals surface area contributed by atoms with Crippen molar-refractivity contribution in [2.24, 2.45) is 11.8 Å². The zero-order chi connectivity index (χ0) is 22.7. The van der Waals surface area contributed by atoms with E-state index in [0.29, 0.717) is 11.6 Å². The lowest BCUT2D eigenvalue weighted by Gasteiger charge is -2.32. The number of aliphatic hydroxyl groups is 1. The lowest BCUT2D eigenvalue weighted by Crippen LogP contribution is -2.31. The molecule has 2 heterocycles. The minimum atomic E-state index is -0.426. The summed E-state index contributed by atoms with van der Waals surface area (Å²) in [4.78, 5) is 20.3. The van der Waals surface area contributed by atoms with Gasteiger partial charge in [-0.1, -0.05) is 56.5 Å². The molecule has 0 spiro atoms. The Hall–Kier alpha value is -2.24. The maximum Gasteiger partial charge on any atom is 0.253 e. The topological polar surface area (TPSA) is 65.5 Å². The summed E-state index contributed by atoms with van der Waals surface area (Å²) in [5, 5.41) is 12.8. The number of carbonyl (C=O) groups excluding carboxylic acids is 1. The van der Waals surface area contributed by atoms with Gasteiger partial charge in [-0.3, -0.25) is 14.7 Å². The quantitative estimate of drug-likeness (QED) is 0.646. The van der Waals surface area contributed by atoms with Gasteiger partial charge in [0.25, 0.3) is 5.91 Å². The Kier molecular flexibility index (Phi) is 7.27. The van der Waals surface area contributed by atoms with Crippen molar-refractivity contribution in [2.75, 3.05) is 13.2 Å². The second-order valence-corrected chi connectivity index (χ2v) is 9.87. The lowest BCUT2D eigenvalue weighted by molar-refractivity contribution is 0.0915. The SMILES string of the molecule is CC[C@H]1c2ncc(C(=O)N[C@@H](CO)c3ccc(C)cc3)cc2CN1CC1CCC(C)CC1. The Labute approximate surface area is 192 Å². The van der Waals surface area contributed by atoms with Crippen molar-refractivity contribution in [3.05, 3.63) is 64.5 Å². The zero-order valence-corrected chi connectivity index (χ0v) is 19.7. The Morgan fingerprint density at radius 1 is 1.22 bits per heavy atom. The van der Waals surface area contributed by atoms with Crippen LogP contribution in [-0.4, -0.2) is 34.0 Å². The second-order valence-electron chi connectivity index (χ2n) is 9.87. The molecule has 1 amide bonds. The molecule has 2 atom stereocenters. The first-order valence-corrected chi connectivity index (χ1v) is 12.2. The van der Waals surface area contributed by atoms with Crippen LogP contribution in [0.25, 0.3) is 0 Å². The Morgan fingerprint density at radius 2 is 1.94 bits per heavy atom. The number of rotatable bonds is 7. The number of benzene rings is 1. The van der Waals surface area contributed by atoms with Gasteiger partial charge in [0, 0.05) is 19.3 Å². The second kappa shape index (κ2) is 10.1. The van der Waals surface area contributed by atoms with E-state index in [1.54, 1.807) is 6.20 Å². The molecule has 172 valence electrons. The van der Waals surface area contributed by atoms with Crippen LogP contribution in [0, 0.1) is 18.8 Å². The molecule has 1 aromatic carbocycles. The molecule has 4 rings (SSSR count). The van der Waals surface area contributed by atoms with E-state index in [-0.39, 0.29) is 12.5 Å². The Balaban J connectivity index is 1.44. The summed E-state index contributed by atoms with van der Waals surface area (Å²) in [6.45, 7) is 8.48. The maximum atomic E-state index is 13.0. The van der Waals surface area contributed by atoms with E-state index in [1.165, 1.54) is 31.2 Å². The number of nitrogens with zero attached hydrogens (tertiary/aromatic N) is 2. The van der Waals surface area contributed by atoms with Gasteiger partial charge in [0.15, 0.2) is 0 Å². The highest BCUT2D eigenvalue weighted by Crippen LogP contribution is 2.38. The van der Waals surface area contributed by atoms with E-state index in [0.717, 1.165) is 48.2 Å². The monoisotopic (exact) mass is 435 g/mol. The molecule has 0 radical (unpaired) electrons. The van der Waals surface area contributed by atoms with Gasteiger partial charge in [0.05, 0.1) is 29.9 Å². The third-order valence-electron chi connectivity index (χ3n) is 7.38. The minimum absolute atomic E-state index is 0.140. The van der Waals surface area contributed by atoms with E-state index >= 15 is 0 Å². The maximum absolute atomic E-state index is 13.0. The molecule has 0 unspecified atom stereocenters. The number of aromatic nitrogens is 1. The summed E-state index contributed by atoms with van der Waals surface area (Å²) >= 11 is 0. The van der Waals surface area contributed by atoms with Crippen molar-refractivity contribution >= 4 is 5.91 Å². The van der Waals surface area contributed by atoms with Crippen LogP contribution < -0.4 is 5.32 Å². The molecule has 0 saturated heterocycles. The summed E-state index contributed by atoms with van der Waals surface area (Å²) < 4.78 is 0. The van der Waals surface area contributed by atoms with Crippen molar-refractivity contribution in [1.82, 2.24) is 15.2 Å². The highest BCUT2D eigenvalue weighted by molar-refractivity contribution is 5.94. The van der Waals surface area contributed by atoms with Crippen LogP contribution in [0.1, 0.15) is 90.8 Å². The van der Waals surface area contributed by atoms with Gasteiger partial charge < -0.3 is 10.4 Å². The van der Waals surface area contributed by atoms with E-state index in [9.17, 15) is 9.90 Å². The van der Waals surface area contributed by atoms with Crippen LogP contribution in [0.3, 0.4) is 0 Å². The Morgan fingerprint density at radius 3 is 2.59 bits per heavy atom. The van der Waals surface area contributed by atoms with Crippen LogP contribution in [0.15, 0.2) is 36.5 Å². The molecule has 2 aromatic rings. The molecule has 2 aliphatic rings. The van der Waals surface area contributed by atoms with Gasteiger partial charge in [-0.15, -0.1) is 0 Å². The summed E-state index contributed by atoms with van der Waals surface area (Å²) in [6, 6.07) is 9.82. The molecule has 5 heteroatoms. The number of aliphatic hydroxyl groups excluding tert-OH is 1. The number of hydrogen-bond donors (Lipinski definition) is 2. The third-order valence-corrected chi connectivity index (χ3v) is 7.38. The predicted octanol–water partition coefficient (Wildman–Crippen LogP) is 4.95. The van der Waals surface area contributed by atoms with Gasteiger partial charge in [-0.05, 0) is 55.2 Å². The summed E-state index contributed by atoms with van der Waals surface area (Å²) in [5.41, 5.74) is 4.92. The molecular weight excluding hydrogens is 398 g/mol. The largest absolute Gasteiger partial charge is 0.394 e. The molecular formula is C27H37N3O2. The van der Waals surface area contributed by atoms with Crippen LogP contribution in [0.4, 0.5) is 0 Å². The van der Waals surface area contributed by atoms with Gasteiger partial charge in [-0.2, -0.15) is 0 Å². The molecule has 1 aliphatic carbocycles. The highest BCUT2D eigenvalue weighted by atomic mass is 16.3. The van der Waals surface area contributed by atoms with Gasteiger partial charge in [-0.25, -0.2) is 0 Å². The van der Waals surface area contributed by atoms with Crippen molar-refractivity contribution in [3.63, 3.8) is 0 Å². The smallest absolute Gasteiger partial charge is 0.253 e. The molecule has 0 bridgehead atoms. The first-order valence-electron chi connectivity index (χ1n) is 12.2. The number of carbonyl (C=O) groups is 1. The summed E-state index contributed by atoms with van der Waals surface area (Å²) in [6.07, 6.45) is 8.08. The number of hydrogen-bond acceptors (Lipinski definition) is 4. The normalized spacial score (nSPS) is 24.2. The molecule has 1 aromatic heterocycles. The summed E-state index contributed by atoms with van der Waals surface area (Å²) in [7, 11) is 0. The van der Waals surface area contributed by atoms with E-state index in [4.69, 9.17) is 4.98 Å². The predicted molar refractivity (Wildman–Crippen MR) is 127 cm³/mol. The minimum Gasteiger partial charge on any atom is -0.394 e. The third kappa shape index (κ3) is 5.05. The van der Waals surface area contributed by atoms with E-state index in [1.807, 2.05) is 37.3 Å². The molecule has 32 heavy (non-hydrogen) atoms. The average molecular weight is 436 g/mol. The number of fused-ring (bicyclic) bond motifs is 1. The molecule has 5 nitrogen and oxygen atoms in total. The van der Waals surface area contributed by atoms with Crippen molar-refractivity contribution in [3.8, 4) is 0 Å². The van der Waals surface area contributed by atoms with Gasteiger partial charge >= 0.3 is 0 Å². The number of nitrogens with one attached hydrogen (secondary N) is 1. The van der Waals surface area contributed by atoms with Gasteiger partial charge in [0.1, 0.15) is 0 Å². The lowest BCUT2D eigenvalue weighted by atomic mass is 9.82. The molecule has 2 N–H and O–H groups in total. The van der Waals surface area contributed by atoms with Crippen molar-refractivity contribution in [2.45, 2.75) is 71.5 Å². The van der Waals surface area contributed by atoms with Crippen LogP contribution in [-0.2, 0) is 6.54 Å². The van der Waals surface area contributed by atoms with Crippen LogP contribution in [0.2, 0.25) is 0 Å². The van der Waals surface area contributed by atoms with Crippen LogP contribution in [0.5, 0.6) is 0 Å². The summed E-state index contributed by atoms with van der Waals surface area (Å²) in [5.74, 6) is 1.46. The van der Waals surface area contributed by atoms with Crippen molar-refractivity contribution in [1.29, 1.82) is 0 Å². The van der Waals surface area contributed by atoms with Crippen LogP contribution >= 0.6 is 0 Å². The first-order chi connectivity index (χ1) is 15.5. The standard InChI is InChI=1S/C27H37N3O2/c1-4-25-26-23(16-30(25)15-20-9-5-18(2)6-10-20)13-22(14-28-26)27(32)29-24(17-31)21-11-7-19(3)8-12-21/h7-8,11-14,18,20,24-25,31H,4-6,9-10,15-17H2,1-3H3,(H,29,32)/t18?,20?,24-,25-/m0/s1. The molecule has 1 saturated carbocycles. The van der Waals surface area contributed by atoms with Crippen molar-refractivity contribution < 1.29 is 9.90 Å². The molecule has 1 aliphatic heterocycles. The number of pyridine rings is 1. The van der Waals surface area contributed by atoms with E-state index in [2.05, 4.69) is 24.1 Å². The zero-order valence-electron chi connectivity index (χ0n) is 19.7. The Bertz CT molecular complexity index is 919. The average Bonchev–Trinajstić information content (AvgIpc) is 3.15. The fraction of sp³-hybridized carbons (Fsp3) is 0.556. The van der Waals surface area contributed by atoms with E-state index < -0.39 is 6.04 Å². The fourth-order valence-corrected chi connectivity index (χ4v) is 5.34. The molecule has 1 fully saturated rings. The van der Waals surface area contributed by atoms with Gasteiger partial charge in [0.2, 0.25) is 0 Å². The fourth-order valence-electron chi connectivity index (χ4n) is 5.34.